The van der Waals surface area contributed by atoms with Crippen molar-refractivity contribution in [3.05, 3.63) is 34.7 Å². The van der Waals surface area contributed by atoms with E-state index in [1.807, 2.05) is 0 Å². The van der Waals surface area contributed by atoms with E-state index in [0.29, 0.717) is 10.2 Å². The van der Waals surface area contributed by atoms with Crippen LogP contribution in [0, 0.1) is 0 Å². The fourth-order valence-electron chi connectivity index (χ4n) is 2.37. The van der Waals surface area contributed by atoms with Gasteiger partial charge in [-0.15, -0.1) is 11.3 Å². The van der Waals surface area contributed by atoms with Crippen LogP contribution < -0.4 is 16.8 Å². The maximum absolute atomic E-state index is 13.0. The number of thiophene rings is 1. The van der Waals surface area contributed by atoms with Gasteiger partial charge in [0.2, 0.25) is 5.95 Å². The fraction of sp³-hybridized carbons (Fsp3) is 0.133. The van der Waals surface area contributed by atoms with Gasteiger partial charge in [0.05, 0.1) is 22.3 Å². The number of alkyl halides is 3. The molecule has 0 saturated heterocycles. The van der Waals surface area contributed by atoms with Crippen molar-refractivity contribution in [3.63, 3.8) is 0 Å². The molecule has 0 unspecified atom stereocenters. The molecule has 0 aliphatic carbocycles. The minimum absolute atomic E-state index is 0.0579. The third kappa shape index (κ3) is 2.95. The number of nitrogens with two attached hydrogens (primary N) is 2. The molecule has 2 heterocycles. The van der Waals surface area contributed by atoms with Crippen LogP contribution in [0.3, 0.4) is 0 Å². The molecule has 25 heavy (non-hydrogen) atoms. The van der Waals surface area contributed by atoms with Crippen LogP contribution in [0.5, 0.6) is 0 Å². The number of anilines is 2. The average Bonchev–Trinajstić information content (AvgIpc) is 2.90. The second-order valence-corrected chi connectivity index (χ2v) is 6.11. The second-order valence-electron chi connectivity index (χ2n) is 5.11. The Morgan fingerprint density at radius 2 is 2.00 bits per heavy atom. The van der Waals surface area contributed by atoms with Crippen LogP contribution >= 0.6 is 11.3 Å². The van der Waals surface area contributed by atoms with Gasteiger partial charge in [-0.25, -0.2) is 9.97 Å². The van der Waals surface area contributed by atoms with Crippen LogP contribution in [-0.4, -0.2) is 22.9 Å². The van der Waals surface area contributed by atoms with E-state index in [1.54, 1.807) is 7.05 Å². The summed E-state index contributed by atoms with van der Waals surface area (Å²) in [4.78, 5) is 20.4. The minimum atomic E-state index is -4.49. The van der Waals surface area contributed by atoms with Crippen LogP contribution in [0.15, 0.2) is 24.3 Å². The minimum Gasteiger partial charge on any atom is -0.397 e. The largest absolute Gasteiger partial charge is 0.416 e. The third-order valence-corrected chi connectivity index (χ3v) is 4.61. The first-order chi connectivity index (χ1) is 11.7. The van der Waals surface area contributed by atoms with E-state index in [2.05, 4.69) is 15.3 Å². The van der Waals surface area contributed by atoms with Crippen molar-refractivity contribution in [3.8, 4) is 11.3 Å². The predicted molar refractivity (Wildman–Crippen MR) is 90.3 cm³/mol. The molecule has 2 aromatic heterocycles. The van der Waals surface area contributed by atoms with Gasteiger partial charge < -0.3 is 16.8 Å². The van der Waals surface area contributed by atoms with Crippen LogP contribution in [0.1, 0.15) is 15.2 Å². The van der Waals surface area contributed by atoms with Gasteiger partial charge in [0, 0.05) is 12.6 Å². The molecule has 1 amide bonds. The van der Waals surface area contributed by atoms with Crippen molar-refractivity contribution in [2.45, 2.75) is 6.18 Å². The van der Waals surface area contributed by atoms with Crippen molar-refractivity contribution in [1.82, 2.24) is 9.97 Å². The number of halogens is 3. The first kappa shape index (κ1) is 17.0. The van der Waals surface area contributed by atoms with Gasteiger partial charge >= 0.3 is 6.18 Å². The number of nitrogen functional groups attached to an aromatic ring is 1. The number of carbonyl (C=O) groups is 1. The highest BCUT2D eigenvalue weighted by atomic mass is 32.1. The summed E-state index contributed by atoms with van der Waals surface area (Å²) in [6.45, 7) is 0. The number of benzene rings is 1. The maximum Gasteiger partial charge on any atom is 0.416 e. The maximum atomic E-state index is 13.0. The van der Waals surface area contributed by atoms with Gasteiger partial charge in [-0.05, 0) is 12.1 Å². The second kappa shape index (κ2) is 5.88. The molecule has 10 heteroatoms. The number of fused-ring (bicyclic) bond motifs is 1. The number of carbonyl (C=O) groups excluding carboxylic acids is 1. The van der Waals surface area contributed by atoms with Crippen molar-refractivity contribution in [1.29, 1.82) is 0 Å². The average molecular weight is 367 g/mol. The summed E-state index contributed by atoms with van der Waals surface area (Å²) in [6, 6.07) is 4.70. The number of amides is 1. The number of nitrogens with zero attached hydrogens (tertiary/aromatic N) is 2. The van der Waals surface area contributed by atoms with Crippen LogP contribution in [0.2, 0.25) is 0 Å². The van der Waals surface area contributed by atoms with Crippen LogP contribution in [0.4, 0.5) is 24.8 Å². The van der Waals surface area contributed by atoms with Gasteiger partial charge in [0.15, 0.2) is 0 Å². The van der Waals surface area contributed by atoms with E-state index >= 15 is 0 Å². The van der Waals surface area contributed by atoms with E-state index in [0.717, 1.165) is 23.5 Å². The Morgan fingerprint density at radius 1 is 1.28 bits per heavy atom. The molecule has 1 aromatic carbocycles. The zero-order valence-electron chi connectivity index (χ0n) is 12.8. The highest BCUT2D eigenvalue weighted by Crippen LogP contribution is 2.40. The lowest BCUT2D eigenvalue weighted by molar-refractivity contribution is -0.137. The lowest BCUT2D eigenvalue weighted by Crippen LogP contribution is -2.10. The quantitative estimate of drug-likeness (QED) is 0.659. The Balaban J connectivity index is 2.33. The summed E-state index contributed by atoms with van der Waals surface area (Å²) in [5, 5.41) is 3.04. The highest BCUT2D eigenvalue weighted by Gasteiger charge is 2.31. The summed E-state index contributed by atoms with van der Waals surface area (Å²) in [7, 11) is 1.57. The third-order valence-electron chi connectivity index (χ3n) is 3.50. The molecule has 6 nitrogen and oxygen atoms in total. The molecule has 0 radical (unpaired) electrons. The van der Waals surface area contributed by atoms with Gasteiger partial charge in [0.25, 0.3) is 5.91 Å². The smallest absolute Gasteiger partial charge is 0.397 e. The van der Waals surface area contributed by atoms with E-state index in [-0.39, 0.29) is 27.8 Å². The summed E-state index contributed by atoms with van der Waals surface area (Å²) in [5.74, 6) is -0.543. The molecule has 5 N–H and O–H groups in total. The summed E-state index contributed by atoms with van der Waals surface area (Å²) in [6.07, 6.45) is -4.49. The fourth-order valence-corrected chi connectivity index (χ4v) is 3.32. The standard InChI is InChI=1S/C15H12F3N5OS/c1-21-14-22-10(6-3-2-4-7(5-6)15(16,17)18)8-9(19)11(12(20)24)25-13(8)23-14/h2-5H,19H2,1H3,(H2,20,24)(H,21,22,23). The molecule has 3 rings (SSSR count). The van der Waals surface area contributed by atoms with E-state index in [9.17, 15) is 18.0 Å². The Kier molecular flexibility index (Phi) is 3.99. The highest BCUT2D eigenvalue weighted by molar-refractivity contribution is 7.21. The first-order valence-electron chi connectivity index (χ1n) is 6.97. The van der Waals surface area contributed by atoms with Crippen LogP contribution in [0.25, 0.3) is 21.5 Å². The SMILES string of the molecule is CNc1nc(-c2cccc(C(F)(F)F)c2)c2c(N)c(C(N)=O)sc2n1. The number of nitrogens with one attached hydrogen (secondary N) is 1. The number of aromatic nitrogens is 2. The molecular weight excluding hydrogens is 355 g/mol. The molecule has 130 valence electrons. The molecule has 0 aliphatic heterocycles. The molecule has 3 aromatic rings. The Labute approximate surface area is 143 Å². The zero-order chi connectivity index (χ0) is 18.4. The first-order valence-corrected chi connectivity index (χ1v) is 7.79. The van der Waals surface area contributed by atoms with Crippen molar-refractivity contribution >= 4 is 39.1 Å². The number of rotatable bonds is 3. The van der Waals surface area contributed by atoms with Crippen molar-refractivity contribution < 1.29 is 18.0 Å². The van der Waals surface area contributed by atoms with Gasteiger partial charge in [-0.2, -0.15) is 13.2 Å². The molecule has 0 fully saturated rings. The van der Waals surface area contributed by atoms with E-state index < -0.39 is 17.6 Å². The molecule has 0 bridgehead atoms. The van der Waals surface area contributed by atoms with Gasteiger partial charge in [-0.1, -0.05) is 12.1 Å². The Bertz CT molecular complexity index is 983. The summed E-state index contributed by atoms with van der Waals surface area (Å²) >= 11 is 0.967. The van der Waals surface area contributed by atoms with E-state index in [4.69, 9.17) is 11.5 Å². The Morgan fingerprint density at radius 3 is 2.60 bits per heavy atom. The predicted octanol–water partition coefficient (Wildman–Crippen LogP) is 3.10. The molecular formula is C15H12F3N5OS. The number of hydrogen-bond donors (Lipinski definition) is 3. The Hall–Kier alpha value is -2.88. The zero-order valence-corrected chi connectivity index (χ0v) is 13.6. The normalized spacial score (nSPS) is 11.7. The molecule has 0 spiro atoms. The molecule has 0 aliphatic rings. The van der Waals surface area contributed by atoms with Gasteiger partial charge in [-0.3, -0.25) is 4.79 Å². The van der Waals surface area contributed by atoms with Crippen molar-refractivity contribution in [2.75, 3.05) is 18.1 Å². The number of primary amides is 1. The topological polar surface area (TPSA) is 107 Å². The summed E-state index contributed by atoms with van der Waals surface area (Å²) in [5.41, 5.74) is 10.9. The van der Waals surface area contributed by atoms with Gasteiger partial charge in [0.1, 0.15) is 9.71 Å². The molecule has 0 atom stereocenters. The monoisotopic (exact) mass is 367 g/mol. The van der Waals surface area contributed by atoms with Crippen molar-refractivity contribution in [2.24, 2.45) is 5.73 Å². The molecule has 0 saturated carbocycles. The lowest BCUT2D eigenvalue weighted by Gasteiger charge is -2.10. The van der Waals surface area contributed by atoms with Crippen LogP contribution in [-0.2, 0) is 6.18 Å². The number of hydrogen-bond acceptors (Lipinski definition) is 6. The summed E-state index contributed by atoms with van der Waals surface area (Å²) < 4.78 is 39.0. The lowest BCUT2D eigenvalue weighted by atomic mass is 10.0. The van der Waals surface area contributed by atoms with E-state index in [1.165, 1.54) is 12.1 Å².